The van der Waals surface area contributed by atoms with Crippen molar-refractivity contribution in [3.8, 4) is 0 Å². The van der Waals surface area contributed by atoms with Crippen molar-refractivity contribution in [3.63, 3.8) is 0 Å². The molecular formula is C23H31N3O2. The predicted molar refractivity (Wildman–Crippen MR) is 111 cm³/mol. The number of piperidine rings is 1. The molecular weight excluding hydrogens is 350 g/mol. The standard InChI is InChI=1S/C23H31N3O2/c1-15-16(2)22(25-17(15)3)23(28)26-12-10-19(11-13-26)14-21(27)24-18(4)20-8-6-5-7-9-20/h5-9,18-19,25H,10-14H2,1-4H3,(H,24,27). The van der Waals surface area contributed by atoms with E-state index in [-0.39, 0.29) is 17.9 Å². The van der Waals surface area contributed by atoms with Crippen LogP contribution in [0.5, 0.6) is 0 Å². The van der Waals surface area contributed by atoms with Crippen molar-refractivity contribution in [1.82, 2.24) is 15.2 Å². The summed E-state index contributed by atoms with van der Waals surface area (Å²) in [6, 6.07) is 10.0. The molecule has 5 heteroatoms. The Balaban J connectivity index is 1.49. The summed E-state index contributed by atoms with van der Waals surface area (Å²) in [5.41, 5.74) is 5.08. The van der Waals surface area contributed by atoms with Crippen LogP contribution in [0.4, 0.5) is 0 Å². The highest BCUT2D eigenvalue weighted by molar-refractivity contribution is 5.94. The maximum absolute atomic E-state index is 12.8. The summed E-state index contributed by atoms with van der Waals surface area (Å²) >= 11 is 0. The lowest BCUT2D eigenvalue weighted by molar-refractivity contribution is -0.122. The zero-order chi connectivity index (χ0) is 20.3. The number of carbonyl (C=O) groups is 2. The highest BCUT2D eigenvalue weighted by Gasteiger charge is 2.27. The number of benzene rings is 1. The van der Waals surface area contributed by atoms with Crippen LogP contribution in [-0.4, -0.2) is 34.8 Å². The van der Waals surface area contributed by atoms with E-state index < -0.39 is 0 Å². The molecule has 2 amide bonds. The number of rotatable bonds is 5. The fourth-order valence-electron chi connectivity index (χ4n) is 3.94. The quantitative estimate of drug-likeness (QED) is 0.820. The Morgan fingerprint density at radius 2 is 1.75 bits per heavy atom. The minimum absolute atomic E-state index is 0.0118. The number of hydrogen-bond acceptors (Lipinski definition) is 2. The molecule has 5 nitrogen and oxygen atoms in total. The molecule has 1 saturated heterocycles. The van der Waals surface area contributed by atoms with Crippen LogP contribution in [0.15, 0.2) is 30.3 Å². The maximum atomic E-state index is 12.8. The van der Waals surface area contributed by atoms with E-state index in [1.165, 1.54) is 0 Å². The summed E-state index contributed by atoms with van der Waals surface area (Å²) in [7, 11) is 0. The van der Waals surface area contributed by atoms with Crippen LogP contribution in [0.2, 0.25) is 0 Å². The number of aryl methyl sites for hydroxylation is 1. The van der Waals surface area contributed by atoms with E-state index in [1.54, 1.807) is 0 Å². The second-order valence-electron chi connectivity index (χ2n) is 8.01. The van der Waals surface area contributed by atoms with Gasteiger partial charge in [-0.2, -0.15) is 0 Å². The minimum atomic E-state index is 0.0118. The van der Waals surface area contributed by atoms with Gasteiger partial charge in [0.1, 0.15) is 5.69 Å². The molecule has 1 fully saturated rings. The van der Waals surface area contributed by atoms with Gasteiger partial charge >= 0.3 is 0 Å². The van der Waals surface area contributed by atoms with Crippen molar-refractivity contribution < 1.29 is 9.59 Å². The normalized spacial score (nSPS) is 16.1. The number of nitrogens with one attached hydrogen (secondary N) is 2. The van der Waals surface area contributed by atoms with Crippen molar-refractivity contribution in [3.05, 3.63) is 58.4 Å². The third kappa shape index (κ3) is 4.46. The SMILES string of the molecule is Cc1[nH]c(C(=O)N2CCC(CC(=O)NC(C)c3ccccc3)CC2)c(C)c1C. The van der Waals surface area contributed by atoms with E-state index in [4.69, 9.17) is 0 Å². The van der Waals surface area contributed by atoms with Crippen LogP contribution in [0, 0.1) is 26.7 Å². The number of aromatic nitrogens is 1. The molecule has 1 aromatic heterocycles. The highest BCUT2D eigenvalue weighted by atomic mass is 16.2. The van der Waals surface area contributed by atoms with Crippen LogP contribution in [0.3, 0.4) is 0 Å². The fourth-order valence-corrected chi connectivity index (χ4v) is 3.94. The molecule has 0 spiro atoms. The molecule has 1 atom stereocenters. The number of nitrogens with zero attached hydrogens (tertiary/aromatic N) is 1. The molecule has 0 saturated carbocycles. The van der Waals surface area contributed by atoms with Crippen molar-refractivity contribution >= 4 is 11.8 Å². The third-order valence-corrected chi connectivity index (χ3v) is 6.08. The Bertz CT molecular complexity index is 833. The topological polar surface area (TPSA) is 65.2 Å². The van der Waals surface area contributed by atoms with Gasteiger partial charge < -0.3 is 15.2 Å². The van der Waals surface area contributed by atoms with Gasteiger partial charge in [0.05, 0.1) is 6.04 Å². The Hall–Kier alpha value is -2.56. The van der Waals surface area contributed by atoms with Gasteiger partial charge in [0.15, 0.2) is 0 Å². The van der Waals surface area contributed by atoms with Crippen LogP contribution < -0.4 is 5.32 Å². The number of aromatic amines is 1. The average molecular weight is 382 g/mol. The van der Waals surface area contributed by atoms with Gasteiger partial charge in [0, 0.05) is 25.2 Å². The summed E-state index contributed by atoms with van der Waals surface area (Å²) in [5, 5.41) is 3.10. The van der Waals surface area contributed by atoms with Crippen LogP contribution >= 0.6 is 0 Å². The maximum Gasteiger partial charge on any atom is 0.270 e. The van der Waals surface area contributed by atoms with Crippen LogP contribution in [-0.2, 0) is 4.79 Å². The molecule has 1 aliphatic heterocycles. The van der Waals surface area contributed by atoms with Gasteiger partial charge in [-0.05, 0) is 63.1 Å². The first-order chi connectivity index (χ1) is 13.4. The Labute approximate surface area is 167 Å². The first-order valence-corrected chi connectivity index (χ1v) is 10.2. The molecule has 1 aromatic carbocycles. The first-order valence-electron chi connectivity index (χ1n) is 10.2. The van der Waals surface area contributed by atoms with Gasteiger partial charge in [-0.15, -0.1) is 0 Å². The second kappa shape index (κ2) is 8.63. The van der Waals surface area contributed by atoms with Gasteiger partial charge in [-0.1, -0.05) is 30.3 Å². The second-order valence-corrected chi connectivity index (χ2v) is 8.01. The smallest absolute Gasteiger partial charge is 0.270 e. The van der Waals surface area contributed by atoms with E-state index in [0.717, 1.165) is 35.2 Å². The average Bonchev–Trinajstić information content (AvgIpc) is 2.96. The van der Waals surface area contributed by atoms with Gasteiger partial charge in [0.25, 0.3) is 5.91 Å². The molecule has 150 valence electrons. The number of H-pyrrole nitrogens is 1. The first kappa shape index (κ1) is 20.2. The molecule has 1 aliphatic rings. The molecule has 2 heterocycles. The Kier molecular flexibility index (Phi) is 6.22. The van der Waals surface area contributed by atoms with Crippen molar-refractivity contribution in [2.24, 2.45) is 5.92 Å². The minimum Gasteiger partial charge on any atom is -0.354 e. The van der Waals surface area contributed by atoms with E-state index in [9.17, 15) is 9.59 Å². The van der Waals surface area contributed by atoms with Crippen LogP contribution in [0.1, 0.15) is 65.1 Å². The number of amides is 2. The lowest BCUT2D eigenvalue weighted by Gasteiger charge is -2.32. The molecule has 1 unspecified atom stereocenters. The molecule has 2 N–H and O–H groups in total. The van der Waals surface area contributed by atoms with Gasteiger partial charge in [-0.3, -0.25) is 9.59 Å². The van der Waals surface area contributed by atoms with E-state index >= 15 is 0 Å². The zero-order valence-corrected chi connectivity index (χ0v) is 17.3. The van der Waals surface area contributed by atoms with Gasteiger partial charge in [-0.25, -0.2) is 0 Å². The summed E-state index contributed by atoms with van der Waals surface area (Å²) < 4.78 is 0. The molecule has 0 bridgehead atoms. The summed E-state index contributed by atoms with van der Waals surface area (Å²) in [6.07, 6.45) is 2.27. The van der Waals surface area contributed by atoms with E-state index in [0.29, 0.717) is 31.1 Å². The molecule has 3 rings (SSSR count). The van der Waals surface area contributed by atoms with E-state index in [1.807, 2.05) is 62.9 Å². The lowest BCUT2D eigenvalue weighted by Crippen LogP contribution is -2.40. The Morgan fingerprint density at radius 3 is 2.32 bits per heavy atom. The summed E-state index contributed by atoms with van der Waals surface area (Å²) in [6.45, 7) is 9.47. The predicted octanol–water partition coefficient (Wildman–Crippen LogP) is 4.06. The largest absolute Gasteiger partial charge is 0.354 e. The summed E-state index contributed by atoms with van der Waals surface area (Å²) in [4.78, 5) is 30.4. The van der Waals surface area contributed by atoms with Crippen LogP contribution in [0.25, 0.3) is 0 Å². The molecule has 0 aliphatic carbocycles. The zero-order valence-electron chi connectivity index (χ0n) is 17.3. The summed E-state index contributed by atoms with van der Waals surface area (Å²) in [5.74, 6) is 0.502. The number of likely N-dealkylation sites (tertiary alicyclic amines) is 1. The van der Waals surface area contributed by atoms with Gasteiger partial charge in [0.2, 0.25) is 5.91 Å². The number of hydrogen-bond donors (Lipinski definition) is 2. The molecule has 0 radical (unpaired) electrons. The monoisotopic (exact) mass is 381 g/mol. The highest BCUT2D eigenvalue weighted by Crippen LogP contribution is 2.24. The van der Waals surface area contributed by atoms with E-state index in [2.05, 4.69) is 10.3 Å². The molecule has 28 heavy (non-hydrogen) atoms. The third-order valence-electron chi connectivity index (χ3n) is 6.08. The van der Waals surface area contributed by atoms with Crippen molar-refractivity contribution in [1.29, 1.82) is 0 Å². The fraction of sp³-hybridized carbons (Fsp3) is 0.478. The van der Waals surface area contributed by atoms with Crippen molar-refractivity contribution in [2.45, 2.75) is 53.0 Å². The Morgan fingerprint density at radius 1 is 1.11 bits per heavy atom. The molecule has 2 aromatic rings. The van der Waals surface area contributed by atoms with Crippen molar-refractivity contribution in [2.75, 3.05) is 13.1 Å². The lowest BCUT2D eigenvalue weighted by atomic mass is 9.92. The number of carbonyl (C=O) groups excluding carboxylic acids is 2.